The Morgan fingerprint density at radius 3 is 2.33 bits per heavy atom. The van der Waals surface area contributed by atoms with Gasteiger partial charge in [-0.3, -0.25) is 0 Å². The molecule has 0 saturated carbocycles. The lowest BCUT2D eigenvalue weighted by molar-refractivity contribution is -0.107. The number of carbonyl (C=O) groups is 1. The number of methoxy groups -OCH3 is 2. The first-order valence-electron chi connectivity index (χ1n) is 6.01. The third-order valence-corrected chi connectivity index (χ3v) is 4.00. The van der Waals surface area contributed by atoms with E-state index in [1.54, 1.807) is 18.2 Å². The predicted molar refractivity (Wildman–Crippen MR) is 81.3 cm³/mol. The maximum Gasteiger partial charge on any atom is 0.220 e. The molecule has 1 heterocycles. The highest BCUT2D eigenvalue weighted by Crippen LogP contribution is 2.36. The van der Waals surface area contributed by atoms with Crippen molar-refractivity contribution in [2.24, 2.45) is 0 Å². The Bertz CT molecular complexity index is 617. The van der Waals surface area contributed by atoms with E-state index in [1.807, 2.05) is 12.1 Å². The highest BCUT2D eigenvalue weighted by atomic mass is 35.5. The summed E-state index contributed by atoms with van der Waals surface area (Å²) in [7, 11) is 3.00. The van der Waals surface area contributed by atoms with Crippen molar-refractivity contribution in [1.82, 2.24) is 9.97 Å². The second-order valence-corrected chi connectivity index (χ2v) is 5.45. The van der Waals surface area contributed by atoms with Gasteiger partial charge in [-0.25, -0.2) is 0 Å². The van der Waals surface area contributed by atoms with Crippen molar-refractivity contribution in [3.8, 4) is 11.8 Å². The lowest BCUT2D eigenvalue weighted by Crippen LogP contribution is -2.01. The van der Waals surface area contributed by atoms with Crippen LogP contribution in [0.25, 0.3) is 0 Å². The molecular formula is C14H13ClN2O3S. The van der Waals surface area contributed by atoms with E-state index in [2.05, 4.69) is 9.97 Å². The minimum absolute atomic E-state index is 0.369. The van der Waals surface area contributed by atoms with Gasteiger partial charge in [-0.2, -0.15) is 9.97 Å². The van der Waals surface area contributed by atoms with Gasteiger partial charge in [0.25, 0.3) is 0 Å². The van der Waals surface area contributed by atoms with Crippen LogP contribution < -0.4 is 9.47 Å². The Morgan fingerprint density at radius 2 is 1.81 bits per heavy atom. The zero-order valence-electron chi connectivity index (χ0n) is 11.4. The number of aromatic nitrogens is 2. The minimum Gasteiger partial charge on any atom is -0.481 e. The van der Waals surface area contributed by atoms with Crippen LogP contribution in [0.3, 0.4) is 0 Å². The topological polar surface area (TPSA) is 61.3 Å². The standard InChI is InChI=1S/C14H13ClN2O3S/c1-19-12-7-13(20-2)17-14(16-12)21-11(8-18)9-5-3-4-6-10(9)15/h3-8,11H,1-2H3. The van der Waals surface area contributed by atoms with Gasteiger partial charge in [0.05, 0.1) is 25.5 Å². The van der Waals surface area contributed by atoms with Crippen LogP contribution in [0.5, 0.6) is 11.8 Å². The maximum atomic E-state index is 11.4. The van der Waals surface area contributed by atoms with Crippen molar-refractivity contribution < 1.29 is 14.3 Å². The van der Waals surface area contributed by atoms with Gasteiger partial charge in [-0.1, -0.05) is 41.6 Å². The van der Waals surface area contributed by atoms with Crippen molar-refractivity contribution in [2.75, 3.05) is 14.2 Å². The Labute approximate surface area is 131 Å². The molecule has 0 aliphatic carbocycles. The molecule has 0 amide bonds. The Morgan fingerprint density at radius 1 is 1.19 bits per heavy atom. The van der Waals surface area contributed by atoms with Crippen molar-refractivity contribution >= 4 is 29.6 Å². The van der Waals surface area contributed by atoms with Crippen LogP contribution in [-0.4, -0.2) is 30.5 Å². The van der Waals surface area contributed by atoms with Gasteiger partial charge >= 0.3 is 0 Å². The van der Waals surface area contributed by atoms with Gasteiger partial charge in [0, 0.05) is 5.02 Å². The molecule has 0 aliphatic rings. The van der Waals surface area contributed by atoms with Crippen LogP contribution in [0.4, 0.5) is 0 Å². The number of nitrogens with zero attached hydrogens (tertiary/aromatic N) is 2. The van der Waals surface area contributed by atoms with E-state index in [0.717, 1.165) is 6.29 Å². The fourth-order valence-corrected chi connectivity index (χ4v) is 2.85. The van der Waals surface area contributed by atoms with Gasteiger partial charge in [-0.15, -0.1) is 0 Å². The zero-order valence-corrected chi connectivity index (χ0v) is 13.0. The Hall–Kier alpha value is -1.79. The van der Waals surface area contributed by atoms with Crippen LogP contribution in [0, 0.1) is 0 Å². The third kappa shape index (κ3) is 3.86. The van der Waals surface area contributed by atoms with Gasteiger partial charge in [0.15, 0.2) is 5.16 Å². The maximum absolute atomic E-state index is 11.4. The smallest absolute Gasteiger partial charge is 0.220 e. The van der Waals surface area contributed by atoms with E-state index in [4.69, 9.17) is 21.1 Å². The lowest BCUT2D eigenvalue weighted by atomic mass is 10.2. The summed E-state index contributed by atoms with van der Waals surface area (Å²) in [5.74, 6) is 0.737. The molecule has 0 aliphatic heterocycles. The normalized spacial score (nSPS) is 11.8. The molecule has 0 spiro atoms. The number of benzene rings is 1. The second kappa shape index (κ2) is 7.28. The number of hydrogen-bond acceptors (Lipinski definition) is 6. The number of rotatable bonds is 6. The monoisotopic (exact) mass is 324 g/mol. The number of thioether (sulfide) groups is 1. The zero-order chi connectivity index (χ0) is 15.2. The predicted octanol–water partition coefficient (Wildman–Crippen LogP) is 3.18. The summed E-state index contributed by atoms with van der Waals surface area (Å²) in [6.07, 6.45) is 0.807. The highest BCUT2D eigenvalue weighted by Gasteiger charge is 2.18. The van der Waals surface area contributed by atoms with E-state index in [-0.39, 0.29) is 0 Å². The highest BCUT2D eigenvalue weighted by molar-refractivity contribution is 8.00. The number of ether oxygens (including phenoxy) is 2. The summed E-state index contributed by atoms with van der Waals surface area (Å²) in [6, 6.07) is 8.73. The first-order chi connectivity index (χ1) is 10.2. The number of halogens is 1. The number of carbonyl (C=O) groups excluding carboxylic acids is 1. The molecular weight excluding hydrogens is 312 g/mol. The molecule has 2 aromatic rings. The molecule has 21 heavy (non-hydrogen) atoms. The van der Waals surface area contributed by atoms with Gasteiger partial charge in [-0.05, 0) is 11.6 Å². The molecule has 110 valence electrons. The molecule has 0 saturated heterocycles. The fourth-order valence-electron chi connectivity index (χ4n) is 1.63. The quantitative estimate of drug-likeness (QED) is 0.462. The van der Waals surface area contributed by atoms with Crippen LogP contribution in [-0.2, 0) is 4.79 Å². The first-order valence-corrected chi connectivity index (χ1v) is 7.27. The molecule has 0 bridgehead atoms. The molecule has 7 heteroatoms. The summed E-state index contributed by atoms with van der Waals surface area (Å²) in [5.41, 5.74) is 0.713. The van der Waals surface area contributed by atoms with Crippen LogP contribution in [0.1, 0.15) is 10.8 Å². The Balaban J connectivity index is 2.30. The van der Waals surface area contributed by atoms with E-state index >= 15 is 0 Å². The molecule has 1 aromatic carbocycles. The van der Waals surface area contributed by atoms with Gasteiger partial charge in [0.1, 0.15) is 6.29 Å². The van der Waals surface area contributed by atoms with Crippen molar-refractivity contribution in [3.63, 3.8) is 0 Å². The lowest BCUT2D eigenvalue weighted by Gasteiger charge is -2.12. The van der Waals surface area contributed by atoms with Crippen LogP contribution in [0.2, 0.25) is 5.02 Å². The fraction of sp³-hybridized carbons (Fsp3) is 0.214. The molecule has 0 radical (unpaired) electrons. The van der Waals surface area contributed by atoms with E-state index in [0.29, 0.717) is 27.5 Å². The van der Waals surface area contributed by atoms with Gasteiger partial charge in [0.2, 0.25) is 11.8 Å². The summed E-state index contributed by atoms with van der Waals surface area (Å²) in [6.45, 7) is 0. The Kier molecular flexibility index (Phi) is 5.41. The summed E-state index contributed by atoms with van der Waals surface area (Å²) in [5, 5.41) is 0.399. The first kappa shape index (κ1) is 15.6. The largest absolute Gasteiger partial charge is 0.481 e. The molecule has 5 nitrogen and oxygen atoms in total. The average Bonchev–Trinajstić information content (AvgIpc) is 2.53. The molecule has 0 N–H and O–H groups in total. The van der Waals surface area contributed by atoms with E-state index < -0.39 is 5.25 Å². The van der Waals surface area contributed by atoms with Gasteiger partial charge < -0.3 is 14.3 Å². The molecule has 1 aromatic heterocycles. The molecule has 0 fully saturated rings. The second-order valence-electron chi connectivity index (χ2n) is 3.93. The van der Waals surface area contributed by atoms with E-state index in [1.165, 1.54) is 26.0 Å². The van der Waals surface area contributed by atoms with Crippen LogP contribution in [0.15, 0.2) is 35.5 Å². The molecule has 1 unspecified atom stereocenters. The minimum atomic E-state index is -0.504. The average molecular weight is 325 g/mol. The summed E-state index contributed by atoms with van der Waals surface area (Å²) >= 11 is 7.30. The molecule has 2 rings (SSSR count). The number of aldehydes is 1. The van der Waals surface area contributed by atoms with Crippen molar-refractivity contribution in [3.05, 3.63) is 40.9 Å². The number of hydrogen-bond donors (Lipinski definition) is 0. The molecule has 1 atom stereocenters. The van der Waals surface area contributed by atoms with Crippen molar-refractivity contribution in [2.45, 2.75) is 10.4 Å². The SMILES string of the molecule is COc1cc(OC)nc(SC(C=O)c2ccccc2Cl)n1. The third-order valence-electron chi connectivity index (χ3n) is 2.64. The van der Waals surface area contributed by atoms with E-state index in [9.17, 15) is 4.79 Å². The van der Waals surface area contributed by atoms with Crippen molar-refractivity contribution in [1.29, 1.82) is 0 Å². The summed E-state index contributed by atoms with van der Waals surface area (Å²) < 4.78 is 10.2. The van der Waals surface area contributed by atoms with Crippen LogP contribution >= 0.6 is 23.4 Å². The summed E-state index contributed by atoms with van der Waals surface area (Å²) in [4.78, 5) is 19.8.